The van der Waals surface area contributed by atoms with E-state index in [4.69, 9.17) is 14.3 Å². The number of carboxylic acid groups (broad SMARTS) is 1. The minimum Gasteiger partial charge on any atom is -0.478 e. The lowest BCUT2D eigenvalue weighted by molar-refractivity contribution is 0.0697. The molecule has 18 heavy (non-hydrogen) atoms. The van der Waals surface area contributed by atoms with E-state index in [1.807, 2.05) is 11.9 Å². The van der Waals surface area contributed by atoms with Gasteiger partial charge in [-0.25, -0.2) is 4.79 Å². The van der Waals surface area contributed by atoms with Crippen molar-refractivity contribution in [2.45, 2.75) is 0 Å². The molecule has 0 aliphatic rings. The molecular weight excluding hydrogens is 236 g/mol. The van der Waals surface area contributed by atoms with Gasteiger partial charge in [0.2, 0.25) is 0 Å². The first-order valence-corrected chi connectivity index (χ1v) is 5.46. The number of oxazole rings is 1. The molecular formula is C12H14N2O4. The van der Waals surface area contributed by atoms with E-state index in [0.29, 0.717) is 30.3 Å². The highest BCUT2D eigenvalue weighted by atomic mass is 16.5. The number of aromatic nitrogens is 1. The van der Waals surface area contributed by atoms with Crippen molar-refractivity contribution in [2.24, 2.45) is 0 Å². The second-order valence-electron chi connectivity index (χ2n) is 3.90. The molecule has 0 atom stereocenters. The van der Waals surface area contributed by atoms with Crippen LogP contribution in [-0.4, -0.2) is 43.4 Å². The van der Waals surface area contributed by atoms with Gasteiger partial charge in [0.05, 0.1) is 12.2 Å². The van der Waals surface area contributed by atoms with Crippen molar-refractivity contribution >= 4 is 23.1 Å². The predicted molar refractivity (Wildman–Crippen MR) is 66.1 cm³/mol. The SMILES string of the molecule is COCCN(C)c1nc2ccc(C(=O)O)cc2o1. The maximum absolute atomic E-state index is 10.8. The van der Waals surface area contributed by atoms with Crippen molar-refractivity contribution in [3.05, 3.63) is 23.8 Å². The highest BCUT2D eigenvalue weighted by Gasteiger charge is 2.12. The number of fused-ring (bicyclic) bond motifs is 1. The van der Waals surface area contributed by atoms with Crippen LogP contribution in [-0.2, 0) is 4.74 Å². The zero-order valence-electron chi connectivity index (χ0n) is 10.2. The molecule has 2 rings (SSSR count). The third-order valence-electron chi connectivity index (χ3n) is 2.58. The van der Waals surface area contributed by atoms with Gasteiger partial charge in [-0.05, 0) is 18.2 Å². The van der Waals surface area contributed by atoms with Gasteiger partial charge in [0, 0.05) is 20.7 Å². The maximum Gasteiger partial charge on any atom is 0.335 e. The number of hydrogen-bond acceptors (Lipinski definition) is 5. The summed E-state index contributed by atoms with van der Waals surface area (Å²) in [5, 5.41) is 8.89. The standard InChI is InChI=1S/C12H14N2O4/c1-14(5-6-17-2)12-13-9-4-3-8(11(15)16)7-10(9)18-12/h3-4,7H,5-6H2,1-2H3,(H,15,16). The monoisotopic (exact) mass is 250 g/mol. The minimum absolute atomic E-state index is 0.185. The summed E-state index contributed by atoms with van der Waals surface area (Å²) in [6, 6.07) is 5.06. The van der Waals surface area contributed by atoms with E-state index in [1.54, 1.807) is 13.2 Å². The Bertz CT molecular complexity index is 564. The van der Waals surface area contributed by atoms with Gasteiger partial charge in [0.1, 0.15) is 5.52 Å². The fourth-order valence-corrected chi connectivity index (χ4v) is 1.53. The largest absolute Gasteiger partial charge is 0.478 e. The van der Waals surface area contributed by atoms with Crippen molar-refractivity contribution in [1.82, 2.24) is 4.98 Å². The lowest BCUT2D eigenvalue weighted by Gasteiger charge is -2.12. The molecule has 6 heteroatoms. The van der Waals surface area contributed by atoms with Gasteiger partial charge in [0.25, 0.3) is 6.01 Å². The van der Waals surface area contributed by atoms with Gasteiger partial charge >= 0.3 is 5.97 Å². The lowest BCUT2D eigenvalue weighted by Crippen LogP contribution is -2.22. The fraction of sp³-hybridized carbons (Fsp3) is 0.333. The van der Waals surface area contributed by atoms with E-state index in [9.17, 15) is 4.79 Å². The van der Waals surface area contributed by atoms with E-state index < -0.39 is 5.97 Å². The second-order valence-corrected chi connectivity index (χ2v) is 3.90. The number of rotatable bonds is 5. The zero-order chi connectivity index (χ0) is 13.1. The number of anilines is 1. The van der Waals surface area contributed by atoms with Gasteiger partial charge in [0.15, 0.2) is 5.58 Å². The molecule has 0 saturated heterocycles. The Balaban J connectivity index is 2.29. The number of nitrogens with zero attached hydrogens (tertiary/aromatic N) is 2. The Morgan fingerprint density at radius 3 is 3.00 bits per heavy atom. The number of hydrogen-bond donors (Lipinski definition) is 1. The molecule has 0 saturated carbocycles. The summed E-state index contributed by atoms with van der Waals surface area (Å²) >= 11 is 0. The molecule has 0 fully saturated rings. The normalized spacial score (nSPS) is 10.8. The van der Waals surface area contributed by atoms with E-state index in [1.165, 1.54) is 12.1 Å². The van der Waals surface area contributed by atoms with Gasteiger partial charge in [-0.1, -0.05) is 0 Å². The molecule has 0 aliphatic heterocycles. The number of methoxy groups -OCH3 is 1. The fourth-order valence-electron chi connectivity index (χ4n) is 1.53. The third-order valence-corrected chi connectivity index (χ3v) is 2.58. The van der Waals surface area contributed by atoms with Gasteiger partial charge in [-0.15, -0.1) is 0 Å². The van der Waals surface area contributed by atoms with Gasteiger partial charge in [-0.2, -0.15) is 4.98 Å². The van der Waals surface area contributed by atoms with Crippen LogP contribution in [0.5, 0.6) is 0 Å². The number of ether oxygens (including phenoxy) is 1. The van der Waals surface area contributed by atoms with Crippen molar-refractivity contribution in [2.75, 3.05) is 32.2 Å². The summed E-state index contributed by atoms with van der Waals surface area (Å²) in [4.78, 5) is 16.9. The Morgan fingerprint density at radius 2 is 2.33 bits per heavy atom. The van der Waals surface area contributed by atoms with Crippen LogP contribution in [0.3, 0.4) is 0 Å². The van der Waals surface area contributed by atoms with Crippen molar-refractivity contribution in [3.8, 4) is 0 Å². The molecule has 0 bridgehead atoms. The summed E-state index contributed by atoms with van der Waals surface area (Å²) in [6.07, 6.45) is 0. The molecule has 1 N–H and O–H groups in total. The summed E-state index contributed by atoms with van der Waals surface area (Å²) in [5.74, 6) is -0.984. The molecule has 6 nitrogen and oxygen atoms in total. The van der Waals surface area contributed by atoms with Crippen LogP contribution in [0.25, 0.3) is 11.1 Å². The number of benzene rings is 1. The van der Waals surface area contributed by atoms with E-state index >= 15 is 0 Å². The van der Waals surface area contributed by atoms with Gasteiger partial charge in [-0.3, -0.25) is 0 Å². The lowest BCUT2D eigenvalue weighted by atomic mass is 10.2. The Morgan fingerprint density at radius 1 is 1.56 bits per heavy atom. The molecule has 96 valence electrons. The highest BCUT2D eigenvalue weighted by Crippen LogP contribution is 2.22. The van der Waals surface area contributed by atoms with Crippen LogP contribution in [0.4, 0.5) is 6.01 Å². The number of likely N-dealkylation sites (N-methyl/N-ethyl adjacent to an activating group) is 1. The van der Waals surface area contributed by atoms with Crippen LogP contribution >= 0.6 is 0 Å². The molecule has 1 heterocycles. The average Bonchev–Trinajstić information content (AvgIpc) is 2.78. The molecule has 1 aromatic carbocycles. The van der Waals surface area contributed by atoms with Crippen molar-refractivity contribution < 1.29 is 19.1 Å². The second kappa shape index (κ2) is 5.05. The van der Waals surface area contributed by atoms with Crippen molar-refractivity contribution in [1.29, 1.82) is 0 Å². The topological polar surface area (TPSA) is 75.8 Å². The van der Waals surface area contributed by atoms with Gasteiger partial charge < -0.3 is 19.2 Å². The predicted octanol–water partition coefficient (Wildman–Crippen LogP) is 1.61. The highest BCUT2D eigenvalue weighted by molar-refractivity contribution is 5.92. The number of carbonyl (C=O) groups is 1. The molecule has 0 unspecified atom stereocenters. The first kappa shape index (κ1) is 12.4. The third kappa shape index (κ3) is 2.43. The molecule has 0 amide bonds. The number of carboxylic acids is 1. The Labute approximate surface area is 104 Å². The first-order chi connectivity index (χ1) is 8.61. The maximum atomic E-state index is 10.8. The van der Waals surface area contributed by atoms with E-state index in [2.05, 4.69) is 4.98 Å². The zero-order valence-corrected chi connectivity index (χ0v) is 10.2. The summed E-state index contributed by atoms with van der Waals surface area (Å²) < 4.78 is 10.5. The summed E-state index contributed by atoms with van der Waals surface area (Å²) in [7, 11) is 3.46. The molecule has 0 spiro atoms. The van der Waals surface area contributed by atoms with Crippen LogP contribution in [0.1, 0.15) is 10.4 Å². The minimum atomic E-state index is -0.984. The first-order valence-electron chi connectivity index (χ1n) is 5.46. The molecule has 0 aliphatic carbocycles. The smallest absolute Gasteiger partial charge is 0.335 e. The molecule has 0 radical (unpaired) electrons. The quantitative estimate of drug-likeness (QED) is 0.868. The van der Waals surface area contributed by atoms with Crippen LogP contribution < -0.4 is 4.90 Å². The summed E-state index contributed by atoms with van der Waals surface area (Å²) in [6.45, 7) is 1.21. The Hall–Kier alpha value is -2.08. The Kier molecular flexibility index (Phi) is 3.47. The van der Waals surface area contributed by atoms with Crippen LogP contribution in [0, 0.1) is 0 Å². The molecule has 2 aromatic rings. The molecule has 1 aromatic heterocycles. The van der Waals surface area contributed by atoms with Crippen molar-refractivity contribution in [3.63, 3.8) is 0 Å². The average molecular weight is 250 g/mol. The summed E-state index contributed by atoms with van der Waals surface area (Å²) in [5.41, 5.74) is 1.29. The van der Waals surface area contributed by atoms with Crippen LogP contribution in [0.15, 0.2) is 22.6 Å². The number of aromatic carboxylic acids is 1. The van der Waals surface area contributed by atoms with E-state index in [0.717, 1.165) is 0 Å². The van der Waals surface area contributed by atoms with E-state index in [-0.39, 0.29) is 5.56 Å². The van der Waals surface area contributed by atoms with Crippen LogP contribution in [0.2, 0.25) is 0 Å².